The maximum absolute atomic E-state index is 9.00. The van der Waals surface area contributed by atoms with Crippen LogP contribution in [0.2, 0.25) is 0 Å². The van der Waals surface area contributed by atoms with E-state index in [0.717, 1.165) is 26.2 Å². The Morgan fingerprint density at radius 3 is 1.64 bits per heavy atom. The third kappa shape index (κ3) is 5.82. The molecule has 1 aliphatic rings. The summed E-state index contributed by atoms with van der Waals surface area (Å²) < 4.78 is 0. The van der Waals surface area contributed by atoms with Gasteiger partial charge in [-0.05, 0) is 19.3 Å². The molecule has 0 aromatic rings. The summed E-state index contributed by atoms with van der Waals surface area (Å²) in [5.74, 6) is -0.833. The van der Waals surface area contributed by atoms with Crippen LogP contribution in [0.5, 0.6) is 0 Å². The second kappa shape index (κ2) is 5.09. The van der Waals surface area contributed by atoms with Crippen molar-refractivity contribution < 1.29 is 20.1 Å². The molecule has 66 valence electrons. The van der Waals surface area contributed by atoms with Crippen molar-refractivity contribution in [1.82, 2.24) is 0 Å². The summed E-state index contributed by atoms with van der Waals surface area (Å²) in [6.07, 6.45) is 1.67. The van der Waals surface area contributed by atoms with Gasteiger partial charge in [0.25, 0.3) is 5.97 Å². The van der Waals surface area contributed by atoms with Gasteiger partial charge in [0.05, 0.1) is 12.2 Å². The zero-order valence-corrected chi connectivity index (χ0v) is 6.53. The minimum atomic E-state index is -0.833. The molecule has 1 fully saturated rings. The number of carboxylic acid groups (broad SMARTS) is 1. The lowest BCUT2D eigenvalue weighted by molar-refractivity contribution is -0.134. The van der Waals surface area contributed by atoms with Crippen molar-refractivity contribution >= 4 is 5.97 Å². The standard InChI is InChI=1S/C5H10O2.C2H4O2/c6-4-2-1-3-5(4)7;1-2(3)4/h4-7H,1-3H2;1H3,(H,3,4)/t4-,5-;/m1./s1. The summed E-state index contributed by atoms with van der Waals surface area (Å²) in [5, 5.41) is 24.9. The summed E-state index contributed by atoms with van der Waals surface area (Å²) in [5.41, 5.74) is 0. The largest absolute Gasteiger partial charge is 0.481 e. The van der Waals surface area contributed by atoms with Gasteiger partial charge in [-0.1, -0.05) is 0 Å². The summed E-state index contributed by atoms with van der Waals surface area (Å²) in [7, 11) is 0. The third-order valence-corrected chi connectivity index (χ3v) is 1.44. The molecule has 0 heterocycles. The minimum absolute atomic E-state index is 0.431. The number of rotatable bonds is 0. The Kier molecular flexibility index (Phi) is 4.81. The molecule has 0 bridgehead atoms. The van der Waals surface area contributed by atoms with Crippen molar-refractivity contribution in [2.45, 2.75) is 38.4 Å². The molecule has 0 unspecified atom stereocenters. The van der Waals surface area contributed by atoms with Crippen LogP contribution in [0.1, 0.15) is 26.2 Å². The van der Waals surface area contributed by atoms with Gasteiger partial charge in [-0.2, -0.15) is 0 Å². The lowest BCUT2D eigenvalue weighted by Crippen LogP contribution is -2.17. The van der Waals surface area contributed by atoms with Gasteiger partial charge in [0.2, 0.25) is 0 Å². The Labute approximate surface area is 65.5 Å². The fraction of sp³-hybridized carbons (Fsp3) is 0.857. The lowest BCUT2D eigenvalue weighted by Gasteiger charge is -2.03. The van der Waals surface area contributed by atoms with Crippen LogP contribution in [0.15, 0.2) is 0 Å². The van der Waals surface area contributed by atoms with E-state index in [1.807, 2.05) is 0 Å². The molecule has 0 saturated heterocycles. The van der Waals surface area contributed by atoms with Crippen LogP contribution in [0.25, 0.3) is 0 Å². The molecule has 3 N–H and O–H groups in total. The van der Waals surface area contributed by atoms with Crippen molar-refractivity contribution in [3.63, 3.8) is 0 Å². The number of carboxylic acids is 1. The van der Waals surface area contributed by atoms with Crippen molar-refractivity contribution in [3.8, 4) is 0 Å². The molecule has 1 rings (SSSR count). The first-order chi connectivity index (χ1) is 5.04. The van der Waals surface area contributed by atoms with Crippen molar-refractivity contribution in [2.75, 3.05) is 0 Å². The normalized spacial score (nSPS) is 29.0. The zero-order valence-electron chi connectivity index (χ0n) is 6.53. The van der Waals surface area contributed by atoms with Crippen molar-refractivity contribution in [3.05, 3.63) is 0 Å². The second-order valence-electron chi connectivity index (χ2n) is 2.58. The van der Waals surface area contributed by atoms with Crippen LogP contribution in [0.4, 0.5) is 0 Å². The Morgan fingerprint density at radius 2 is 1.55 bits per heavy atom. The summed E-state index contributed by atoms with van der Waals surface area (Å²) >= 11 is 0. The smallest absolute Gasteiger partial charge is 0.300 e. The van der Waals surface area contributed by atoms with Gasteiger partial charge >= 0.3 is 0 Å². The van der Waals surface area contributed by atoms with Crippen molar-refractivity contribution in [2.24, 2.45) is 0 Å². The molecule has 1 saturated carbocycles. The van der Waals surface area contributed by atoms with E-state index in [2.05, 4.69) is 0 Å². The average molecular weight is 162 g/mol. The minimum Gasteiger partial charge on any atom is -0.481 e. The van der Waals surface area contributed by atoms with E-state index in [-0.39, 0.29) is 0 Å². The highest BCUT2D eigenvalue weighted by atomic mass is 16.4. The number of carbonyl (C=O) groups is 1. The maximum Gasteiger partial charge on any atom is 0.300 e. The molecular weight excluding hydrogens is 148 g/mol. The van der Waals surface area contributed by atoms with Crippen LogP contribution in [-0.4, -0.2) is 33.5 Å². The third-order valence-electron chi connectivity index (χ3n) is 1.44. The van der Waals surface area contributed by atoms with Crippen LogP contribution < -0.4 is 0 Å². The summed E-state index contributed by atoms with van der Waals surface area (Å²) in [6.45, 7) is 1.08. The van der Waals surface area contributed by atoms with Crippen LogP contribution in [-0.2, 0) is 4.79 Å². The van der Waals surface area contributed by atoms with E-state index in [4.69, 9.17) is 20.1 Å². The molecule has 0 aromatic carbocycles. The maximum atomic E-state index is 9.00. The molecule has 0 radical (unpaired) electrons. The zero-order chi connectivity index (χ0) is 8.85. The van der Waals surface area contributed by atoms with E-state index in [1.54, 1.807) is 0 Å². The van der Waals surface area contributed by atoms with E-state index in [9.17, 15) is 0 Å². The molecule has 4 heteroatoms. The molecule has 0 spiro atoms. The number of hydrogen-bond acceptors (Lipinski definition) is 3. The second-order valence-corrected chi connectivity index (χ2v) is 2.58. The average Bonchev–Trinajstić information content (AvgIpc) is 2.15. The van der Waals surface area contributed by atoms with Crippen LogP contribution in [0.3, 0.4) is 0 Å². The van der Waals surface area contributed by atoms with E-state index >= 15 is 0 Å². The Bertz CT molecular complexity index is 112. The molecule has 0 aliphatic heterocycles. The van der Waals surface area contributed by atoms with Crippen LogP contribution in [0, 0.1) is 0 Å². The van der Waals surface area contributed by atoms with Crippen LogP contribution >= 0.6 is 0 Å². The Morgan fingerprint density at radius 1 is 1.27 bits per heavy atom. The first-order valence-corrected chi connectivity index (χ1v) is 3.59. The Hall–Kier alpha value is -0.610. The van der Waals surface area contributed by atoms with E-state index in [0.29, 0.717) is 0 Å². The van der Waals surface area contributed by atoms with E-state index < -0.39 is 18.2 Å². The molecule has 0 aromatic heterocycles. The van der Waals surface area contributed by atoms with Gasteiger partial charge in [0.1, 0.15) is 0 Å². The topological polar surface area (TPSA) is 77.8 Å². The molecule has 2 atom stereocenters. The van der Waals surface area contributed by atoms with Gasteiger partial charge in [0.15, 0.2) is 0 Å². The first-order valence-electron chi connectivity index (χ1n) is 3.59. The molecule has 1 aliphatic carbocycles. The SMILES string of the molecule is CC(=O)O.O[C@@H]1CCC[C@H]1O. The molecular formula is C7H14O4. The number of aliphatic hydroxyl groups excluding tert-OH is 2. The van der Waals surface area contributed by atoms with Gasteiger partial charge in [-0.15, -0.1) is 0 Å². The fourth-order valence-corrected chi connectivity index (χ4v) is 0.921. The fourth-order valence-electron chi connectivity index (χ4n) is 0.921. The number of aliphatic carboxylic acids is 1. The van der Waals surface area contributed by atoms with Crippen molar-refractivity contribution in [1.29, 1.82) is 0 Å². The number of aliphatic hydroxyl groups is 2. The van der Waals surface area contributed by atoms with Gasteiger partial charge in [-0.3, -0.25) is 4.79 Å². The highest BCUT2D eigenvalue weighted by molar-refractivity contribution is 5.62. The predicted octanol–water partition coefficient (Wildman–Crippen LogP) is -0.0170. The molecule has 0 amide bonds. The first kappa shape index (κ1) is 10.4. The molecule has 11 heavy (non-hydrogen) atoms. The predicted molar refractivity (Wildman–Crippen MR) is 39.2 cm³/mol. The lowest BCUT2D eigenvalue weighted by atomic mass is 10.3. The van der Waals surface area contributed by atoms with Gasteiger partial charge in [-0.25, -0.2) is 0 Å². The highest BCUT2D eigenvalue weighted by Crippen LogP contribution is 2.17. The Balaban J connectivity index is 0.000000218. The van der Waals surface area contributed by atoms with E-state index in [1.165, 1.54) is 0 Å². The summed E-state index contributed by atoms with van der Waals surface area (Å²) in [6, 6.07) is 0. The monoisotopic (exact) mass is 162 g/mol. The quantitative estimate of drug-likeness (QED) is 0.468. The molecule has 4 nitrogen and oxygen atoms in total. The highest BCUT2D eigenvalue weighted by Gasteiger charge is 2.21. The van der Waals surface area contributed by atoms with Gasteiger partial charge < -0.3 is 15.3 Å². The van der Waals surface area contributed by atoms with Gasteiger partial charge in [0, 0.05) is 6.92 Å². The summed E-state index contributed by atoms with van der Waals surface area (Å²) in [4.78, 5) is 9.00. The number of hydrogen-bond donors (Lipinski definition) is 3.